The number of hydrogen-bond acceptors (Lipinski definition) is 6. The standard InChI is InChI=1S/C54H102NO7P/c1-6-8-10-12-14-16-18-20-22-24-25-26-27-28-29-30-32-34-36-38-40-42-44-46-49-59-51-53(52-61-63(57,58)60-50-48-55(3,4)5)62-54(56)47-45-43-41-39-37-35-33-31-23-21-19-17-15-13-11-9-7-2/h9,11,15,17,21,23,33,35,53H,6-8,10,12-14,16,18-20,22,24-32,34,36-52H2,1-5H3/p+1/b11-9-,17-15-,23-21-,35-33-. The average Bonchev–Trinajstić information content (AvgIpc) is 3.24. The van der Waals surface area contributed by atoms with Gasteiger partial charge in [-0.25, -0.2) is 4.57 Å². The maximum Gasteiger partial charge on any atom is 0.472 e. The number of rotatable bonds is 49. The molecule has 2 unspecified atom stereocenters. The van der Waals surface area contributed by atoms with Gasteiger partial charge in [-0.15, -0.1) is 0 Å². The van der Waals surface area contributed by atoms with Gasteiger partial charge in [-0.3, -0.25) is 13.8 Å². The molecule has 0 amide bonds. The van der Waals surface area contributed by atoms with Crippen molar-refractivity contribution in [2.24, 2.45) is 0 Å². The Morgan fingerprint density at radius 1 is 0.508 bits per heavy atom. The highest BCUT2D eigenvalue weighted by atomic mass is 31.2. The van der Waals surface area contributed by atoms with Gasteiger partial charge in [-0.05, 0) is 51.4 Å². The smallest absolute Gasteiger partial charge is 0.457 e. The Morgan fingerprint density at radius 2 is 0.921 bits per heavy atom. The molecule has 0 aromatic rings. The molecule has 0 spiro atoms. The molecule has 2 atom stereocenters. The van der Waals surface area contributed by atoms with E-state index in [9.17, 15) is 14.3 Å². The zero-order chi connectivity index (χ0) is 46.2. The normalized spacial score (nSPS) is 13.9. The Balaban J connectivity index is 4.10. The number of phosphoric ester groups is 1. The van der Waals surface area contributed by atoms with Crippen molar-refractivity contribution >= 4 is 13.8 Å². The van der Waals surface area contributed by atoms with E-state index in [1.54, 1.807) is 0 Å². The minimum absolute atomic E-state index is 0.0834. The summed E-state index contributed by atoms with van der Waals surface area (Å²) >= 11 is 0. The molecule has 0 heterocycles. The molecule has 63 heavy (non-hydrogen) atoms. The molecule has 0 saturated carbocycles. The largest absolute Gasteiger partial charge is 0.472 e. The molecule has 8 nitrogen and oxygen atoms in total. The maximum atomic E-state index is 12.7. The highest BCUT2D eigenvalue weighted by Crippen LogP contribution is 2.43. The first kappa shape index (κ1) is 61.5. The van der Waals surface area contributed by atoms with E-state index in [0.717, 1.165) is 70.6 Å². The first-order valence-electron chi connectivity index (χ1n) is 26.4. The Bertz CT molecular complexity index is 1150. The van der Waals surface area contributed by atoms with Crippen molar-refractivity contribution < 1.29 is 37.3 Å². The summed E-state index contributed by atoms with van der Waals surface area (Å²) in [5.41, 5.74) is 0. The van der Waals surface area contributed by atoms with Crippen molar-refractivity contribution in [2.45, 2.75) is 238 Å². The second kappa shape index (κ2) is 47.0. The molecule has 0 aliphatic rings. The van der Waals surface area contributed by atoms with Crippen molar-refractivity contribution in [2.75, 3.05) is 54.1 Å². The molecule has 0 bridgehead atoms. The van der Waals surface area contributed by atoms with E-state index in [4.69, 9.17) is 18.5 Å². The summed E-state index contributed by atoms with van der Waals surface area (Å²) in [5, 5.41) is 0. The third kappa shape index (κ3) is 51.3. The molecule has 0 fully saturated rings. The van der Waals surface area contributed by atoms with Gasteiger partial charge in [0.2, 0.25) is 0 Å². The number of nitrogens with zero attached hydrogens (tertiary/aromatic N) is 1. The van der Waals surface area contributed by atoms with Gasteiger partial charge in [-0.1, -0.05) is 223 Å². The molecule has 1 N–H and O–H groups in total. The lowest BCUT2D eigenvalue weighted by Gasteiger charge is -2.24. The molecular formula is C54H103NO7P+. The lowest BCUT2D eigenvalue weighted by molar-refractivity contribution is -0.870. The van der Waals surface area contributed by atoms with Crippen LogP contribution in [0.3, 0.4) is 0 Å². The second-order valence-electron chi connectivity index (χ2n) is 18.9. The van der Waals surface area contributed by atoms with Gasteiger partial charge in [0.1, 0.15) is 19.3 Å². The van der Waals surface area contributed by atoms with E-state index in [2.05, 4.69) is 62.5 Å². The van der Waals surface area contributed by atoms with Crippen LogP contribution in [0.1, 0.15) is 232 Å². The number of allylic oxidation sites excluding steroid dienone is 8. The lowest BCUT2D eigenvalue weighted by Crippen LogP contribution is -2.37. The third-order valence-electron chi connectivity index (χ3n) is 11.4. The van der Waals surface area contributed by atoms with E-state index < -0.39 is 13.9 Å². The summed E-state index contributed by atoms with van der Waals surface area (Å²) in [7, 11) is 1.65. The van der Waals surface area contributed by atoms with Crippen molar-refractivity contribution in [3.8, 4) is 0 Å². The molecule has 9 heteroatoms. The van der Waals surface area contributed by atoms with Crippen LogP contribution in [0.5, 0.6) is 0 Å². The maximum absolute atomic E-state index is 12.7. The van der Waals surface area contributed by atoms with E-state index in [1.807, 2.05) is 21.1 Å². The summed E-state index contributed by atoms with van der Waals surface area (Å²) < 4.78 is 35.1. The van der Waals surface area contributed by atoms with E-state index in [-0.39, 0.29) is 25.8 Å². The highest BCUT2D eigenvalue weighted by Gasteiger charge is 2.26. The van der Waals surface area contributed by atoms with E-state index in [0.29, 0.717) is 24.1 Å². The number of carbonyl (C=O) groups is 1. The minimum Gasteiger partial charge on any atom is -0.457 e. The van der Waals surface area contributed by atoms with Gasteiger partial charge in [0.05, 0.1) is 34.4 Å². The van der Waals surface area contributed by atoms with Crippen molar-refractivity contribution in [1.82, 2.24) is 0 Å². The Hall–Kier alpha value is -1.54. The average molecular weight is 909 g/mol. The molecule has 0 radical (unpaired) electrons. The molecule has 0 rings (SSSR count). The van der Waals surface area contributed by atoms with Crippen LogP contribution in [0.15, 0.2) is 48.6 Å². The Kier molecular flexibility index (Phi) is 45.8. The predicted molar refractivity (Wildman–Crippen MR) is 270 cm³/mol. The van der Waals surface area contributed by atoms with E-state index in [1.165, 1.54) is 141 Å². The monoisotopic (exact) mass is 909 g/mol. The van der Waals surface area contributed by atoms with Crippen molar-refractivity contribution in [3.05, 3.63) is 48.6 Å². The number of esters is 1. The topological polar surface area (TPSA) is 91.3 Å². The van der Waals surface area contributed by atoms with Crippen molar-refractivity contribution in [3.63, 3.8) is 0 Å². The molecule has 0 aliphatic heterocycles. The fourth-order valence-electron chi connectivity index (χ4n) is 7.37. The molecule has 370 valence electrons. The first-order valence-corrected chi connectivity index (χ1v) is 27.9. The summed E-state index contributed by atoms with van der Waals surface area (Å²) in [6, 6.07) is 0. The number of phosphoric acid groups is 1. The Morgan fingerprint density at radius 3 is 1.38 bits per heavy atom. The second-order valence-corrected chi connectivity index (χ2v) is 20.3. The lowest BCUT2D eigenvalue weighted by atomic mass is 10.0. The number of unbranched alkanes of at least 4 members (excludes halogenated alkanes) is 27. The minimum atomic E-state index is -4.29. The van der Waals surface area contributed by atoms with Crippen LogP contribution in [-0.2, 0) is 27.9 Å². The van der Waals surface area contributed by atoms with Crippen LogP contribution in [0.2, 0.25) is 0 Å². The van der Waals surface area contributed by atoms with Crippen LogP contribution in [0.4, 0.5) is 0 Å². The van der Waals surface area contributed by atoms with E-state index >= 15 is 0 Å². The zero-order valence-corrected chi connectivity index (χ0v) is 43.0. The molecular weight excluding hydrogens is 806 g/mol. The number of carbonyl (C=O) groups excluding carboxylic acids is 1. The fraction of sp³-hybridized carbons (Fsp3) is 0.833. The summed E-state index contributed by atoms with van der Waals surface area (Å²) in [6.45, 7) is 5.51. The highest BCUT2D eigenvalue weighted by molar-refractivity contribution is 7.47. The Labute approximate surface area is 390 Å². The summed E-state index contributed by atoms with van der Waals surface area (Å²) in [6.07, 6.45) is 58.8. The van der Waals surface area contributed by atoms with Gasteiger partial charge >= 0.3 is 13.8 Å². The van der Waals surface area contributed by atoms with Crippen LogP contribution in [-0.4, -0.2) is 75.6 Å². The SMILES string of the molecule is CC/C=C\C/C=C\C/C=C\C/C=C\CCCCCCC(=O)OC(COCCCCCCCCCCCCCCCCCCCCCCCCCC)COP(=O)(O)OCC[N+](C)(C)C. The predicted octanol–water partition coefficient (Wildman–Crippen LogP) is 16.3. The quantitative estimate of drug-likeness (QED) is 0.0214. The van der Waals surface area contributed by atoms with Crippen LogP contribution < -0.4 is 0 Å². The molecule has 0 aliphatic carbocycles. The first-order chi connectivity index (χ1) is 30.6. The molecule has 0 saturated heterocycles. The van der Waals surface area contributed by atoms with Crippen LogP contribution in [0.25, 0.3) is 0 Å². The van der Waals surface area contributed by atoms with Gasteiger partial charge in [-0.2, -0.15) is 0 Å². The van der Waals surface area contributed by atoms with Crippen LogP contribution in [0, 0.1) is 0 Å². The summed E-state index contributed by atoms with van der Waals surface area (Å²) in [5.74, 6) is -0.334. The fourth-order valence-corrected chi connectivity index (χ4v) is 8.11. The molecule has 0 aromatic heterocycles. The van der Waals surface area contributed by atoms with Gasteiger partial charge < -0.3 is 18.9 Å². The number of hydrogen-bond donors (Lipinski definition) is 1. The van der Waals surface area contributed by atoms with Gasteiger partial charge in [0.25, 0.3) is 0 Å². The zero-order valence-electron chi connectivity index (χ0n) is 42.1. The van der Waals surface area contributed by atoms with Crippen molar-refractivity contribution in [1.29, 1.82) is 0 Å². The third-order valence-corrected chi connectivity index (χ3v) is 12.4. The van der Waals surface area contributed by atoms with Gasteiger partial charge in [0.15, 0.2) is 0 Å². The molecule has 0 aromatic carbocycles. The summed E-state index contributed by atoms with van der Waals surface area (Å²) in [4.78, 5) is 23.0. The van der Waals surface area contributed by atoms with Gasteiger partial charge in [0, 0.05) is 13.0 Å². The number of likely N-dealkylation sites (N-methyl/N-ethyl adjacent to an activating group) is 1. The number of quaternary nitrogens is 1. The van der Waals surface area contributed by atoms with Crippen LogP contribution >= 0.6 is 7.82 Å². The number of ether oxygens (including phenoxy) is 2.